The number of ether oxygens (including phenoxy) is 1. The van der Waals surface area contributed by atoms with E-state index in [-0.39, 0.29) is 0 Å². The summed E-state index contributed by atoms with van der Waals surface area (Å²) in [4.78, 5) is 0. The van der Waals surface area contributed by atoms with Gasteiger partial charge < -0.3 is 10.1 Å². The fourth-order valence-corrected chi connectivity index (χ4v) is 4.28. The zero-order chi connectivity index (χ0) is 15.4. The van der Waals surface area contributed by atoms with Crippen LogP contribution in [0.5, 0.6) is 0 Å². The van der Waals surface area contributed by atoms with Crippen molar-refractivity contribution in [3.8, 4) is 0 Å². The van der Waals surface area contributed by atoms with Crippen LogP contribution in [-0.4, -0.2) is 28.7 Å². The average Bonchev–Trinajstić information content (AvgIpc) is 2.98. The van der Waals surface area contributed by atoms with Gasteiger partial charge in [0, 0.05) is 18.0 Å². The number of nitrogens with one attached hydrogen (secondary N) is 1. The number of thioether (sulfide) groups is 1. The SMILES string of the molecule is Cc1cccc(Nc2nnc(SC[C@H]3CCCCO3)s2)c1C. The highest BCUT2D eigenvalue weighted by Crippen LogP contribution is 2.30. The topological polar surface area (TPSA) is 47.0 Å². The zero-order valence-corrected chi connectivity index (χ0v) is 14.6. The molecule has 1 N–H and O–H groups in total. The van der Waals surface area contributed by atoms with Crippen LogP contribution in [0.2, 0.25) is 0 Å². The van der Waals surface area contributed by atoms with Crippen LogP contribution in [0, 0.1) is 13.8 Å². The summed E-state index contributed by atoms with van der Waals surface area (Å²) in [5, 5.41) is 12.7. The molecule has 4 nitrogen and oxygen atoms in total. The number of benzene rings is 1. The molecular formula is C16H21N3OS2. The Morgan fingerprint density at radius 3 is 3.05 bits per heavy atom. The molecule has 0 spiro atoms. The van der Waals surface area contributed by atoms with E-state index in [2.05, 4.69) is 47.6 Å². The molecule has 3 rings (SSSR count). The largest absolute Gasteiger partial charge is 0.377 e. The first-order chi connectivity index (χ1) is 10.7. The molecule has 1 aromatic carbocycles. The van der Waals surface area contributed by atoms with E-state index in [0.29, 0.717) is 6.10 Å². The maximum Gasteiger partial charge on any atom is 0.210 e. The van der Waals surface area contributed by atoms with Gasteiger partial charge in [0.25, 0.3) is 0 Å². The Morgan fingerprint density at radius 1 is 1.32 bits per heavy atom. The lowest BCUT2D eigenvalue weighted by atomic mass is 10.1. The van der Waals surface area contributed by atoms with Gasteiger partial charge in [-0.15, -0.1) is 10.2 Å². The second-order valence-electron chi connectivity index (χ2n) is 5.55. The predicted octanol–water partition coefficient (Wildman–Crippen LogP) is 4.56. The Morgan fingerprint density at radius 2 is 2.23 bits per heavy atom. The quantitative estimate of drug-likeness (QED) is 0.812. The molecule has 0 amide bonds. The smallest absolute Gasteiger partial charge is 0.210 e. The molecule has 1 aliphatic rings. The van der Waals surface area contributed by atoms with Gasteiger partial charge in [-0.25, -0.2) is 0 Å². The Labute approximate surface area is 139 Å². The third kappa shape index (κ3) is 4.00. The summed E-state index contributed by atoms with van der Waals surface area (Å²) in [5.41, 5.74) is 3.63. The first-order valence-corrected chi connectivity index (χ1v) is 9.44. The second kappa shape index (κ2) is 7.44. The Bertz CT molecular complexity index is 624. The van der Waals surface area contributed by atoms with Gasteiger partial charge in [-0.3, -0.25) is 0 Å². The van der Waals surface area contributed by atoms with Crippen molar-refractivity contribution in [3.05, 3.63) is 29.3 Å². The number of anilines is 2. The Kier molecular flexibility index (Phi) is 5.33. The van der Waals surface area contributed by atoms with E-state index in [1.54, 1.807) is 23.1 Å². The lowest BCUT2D eigenvalue weighted by Crippen LogP contribution is -2.21. The third-order valence-corrected chi connectivity index (χ3v) is 6.02. The van der Waals surface area contributed by atoms with Crippen LogP contribution >= 0.6 is 23.1 Å². The number of aryl methyl sites for hydroxylation is 1. The first-order valence-electron chi connectivity index (χ1n) is 7.63. The average molecular weight is 335 g/mol. The van der Waals surface area contributed by atoms with Crippen LogP contribution in [0.3, 0.4) is 0 Å². The summed E-state index contributed by atoms with van der Waals surface area (Å²) in [5.74, 6) is 0.970. The van der Waals surface area contributed by atoms with E-state index >= 15 is 0 Å². The third-order valence-electron chi connectivity index (χ3n) is 3.92. The summed E-state index contributed by atoms with van der Waals surface area (Å²) >= 11 is 3.35. The van der Waals surface area contributed by atoms with Crippen molar-refractivity contribution in [1.82, 2.24) is 10.2 Å². The standard InChI is InChI=1S/C16H21N3OS2/c1-11-6-5-8-14(12(11)2)17-15-18-19-16(22-15)21-10-13-7-3-4-9-20-13/h5-6,8,13H,3-4,7,9-10H2,1-2H3,(H,17,18)/t13-/m1/s1. The van der Waals surface area contributed by atoms with E-state index < -0.39 is 0 Å². The van der Waals surface area contributed by atoms with Crippen LogP contribution < -0.4 is 5.32 Å². The molecule has 0 bridgehead atoms. The van der Waals surface area contributed by atoms with Crippen molar-refractivity contribution in [2.45, 2.75) is 43.6 Å². The Hall–Kier alpha value is -1.11. The summed E-state index contributed by atoms with van der Waals surface area (Å²) in [6.45, 7) is 5.14. The lowest BCUT2D eigenvalue weighted by Gasteiger charge is -2.21. The maximum absolute atomic E-state index is 5.75. The molecule has 118 valence electrons. The minimum Gasteiger partial charge on any atom is -0.377 e. The van der Waals surface area contributed by atoms with Gasteiger partial charge in [-0.1, -0.05) is 35.2 Å². The van der Waals surface area contributed by atoms with E-state index in [1.165, 1.54) is 30.4 Å². The molecule has 2 aromatic rings. The van der Waals surface area contributed by atoms with Crippen molar-refractivity contribution in [1.29, 1.82) is 0 Å². The molecule has 2 heterocycles. The number of nitrogens with zero attached hydrogens (tertiary/aromatic N) is 2. The van der Waals surface area contributed by atoms with Gasteiger partial charge in [0.15, 0.2) is 4.34 Å². The summed E-state index contributed by atoms with van der Waals surface area (Å²) in [6.07, 6.45) is 4.02. The van der Waals surface area contributed by atoms with Crippen LogP contribution in [0.25, 0.3) is 0 Å². The predicted molar refractivity (Wildman–Crippen MR) is 93.4 cm³/mol. The molecule has 1 atom stereocenters. The zero-order valence-electron chi connectivity index (χ0n) is 13.0. The molecule has 1 aromatic heterocycles. The van der Waals surface area contributed by atoms with Gasteiger partial charge in [0.05, 0.1) is 6.10 Å². The van der Waals surface area contributed by atoms with Crippen molar-refractivity contribution >= 4 is 33.9 Å². The second-order valence-corrected chi connectivity index (χ2v) is 7.79. The fourth-order valence-electron chi connectivity index (χ4n) is 2.42. The molecule has 0 radical (unpaired) electrons. The van der Waals surface area contributed by atoms with E-state index in [0.717, 1.165) is 27.5 Å². The van der Waals surface area contributed by atoms with Gasteiger partial charge in [-0.2, -0.15) is 0 Å². The van der Waals surface area contributed by atoms with Crippen LogP contribution in [0.15, 0.2) is 22.5 Å². The first kappa shape index (κ1) is 15.8. The van der Waals surface area contributed by atoms with Gasteiger partial charge in [0.2, 0.25) is 5.13 Å². The summed E-state index contributed by atoms with van der Waals surface area (Å²) in [7, 11) is 0. The molecule has 1 fully saturated rings. The molecule has 1 aliphatic heterocycles. The van der Waals surface area contributed by atoms with Crippen LogP contribution in [0.1, 0.15) is 30.4 Å². The van der Waals surface area contributed by atoms with Crippen molar-refractivity contribution < 1.29 is 4.74 Å². The van der Waals surface area contributed by atoms with Gasteiger partial charge in [-0.05, 0) is 50.3 Å². The van der Waals surface area contributed by atoms with Crippen LogP contribution in [-0.2, 0) is 4.74 Å². The van der Waals surface area contributed by atoms with Crippen molar-refractivity contribution in [2.24, 2.45) is 0 Å². The maximum atomic E-state index is 5.75. The highest BCUT2D eigenvalue weighted by Gasteiger charge is 2.15. The normalized spacial score (nSPS) is 18.4. The molecule has 0 aliphatic carbocycles. The van der Waals surface area contributed by atoms with E-state index in [1.807, 2.05) is 0 Å². The number of hydrogen-bond donors (Lipinski definition) is 1. The minimum absolute atomic E-state index is 0.373. The van der Waals surface area contributed by atoms with Gasteiger partial charge in [0.1, 0.15) is 0 Å². The summed E-state index contributed by atoms with van der Waals surface area (Å²) in [6, 6.07) is 6.25. The van der Waals surface area contributed by atoms with Gasteiger partial charge >= 0.3 is 0 Å². The molecule has 6 heteroatoms. The lowest BCUT2D eigenvalue weighted by molar-refractivity contribution is 0.0315. The van der Waals surface area contributed by atoms with E-state index in [9.17, 15) is 0 Å². The molecular weight excluding hydrogens is 314 g/mol. The highest BCUT2D eigenvalue weighted by atomic mass is 32.2. The number of aromatic nitrogens is 2. The monoisotopic (exact) mass is 335 g/mol. The Balaban J connectivity index is 1.57. The molecule has 22 heavy (non-hydrogen) atoms. The number of hydrogen-bond acceptors (Lipinski definition) is 6. The number of rotatable bonds is 5. The molecule has 0 unspecified atom stereocenters. The highest BCUT2D eigenvalue weighted by molar-refractivity contribution is 8.01. The van der Waals surface area contributed by atoms with Crippen molar-refractivity contribution in [2.75, 3.05) is 17.7 Å². The van der Waals surface area contributed by atoms with Crippen molar-refractivity contribution in [3.63, 3.8) is 0 Å². The van der Waals surface area contributed by atoms with E-state index in [4.69, 9.17) is 4.74 Å². The molecule has 0 saturated carbocycles. The molecule has 1 saturated heterocycles. The minimum atomic E-state index is 0.373. The summed E-state index contributed by atoms with van der Waals surface area (Å²) < 4.78 is 6.75. The van der Waals surface area contributed by atoms with Crippen LogP contribution in [0.4, 0.5) is 10.8 Å². The fraction of sp³-hybridized carbons (Fsp3) is 0.500.